The van der Waals surface area contributed by atoms with Gasteiger partial charge in [-0.1, -0.05) is 6.07 Å². The van der Waals surface area contributed by atoms with Gasteiger partial charge in [-0.05, 0) is 11.4 Å². The lowest BCUT2D eigenvalue weighted by Gasteiger charge is -1.98. The Bertz CT molecular complexity index is 716. The number of aromatic nitrogens is 3. The maximum Gasteiger partial charge on any atom is 0.342 e. The van der Waals surface area contributed by atoms with Crippen LogP contribution in [0.4, 0.5) is 0 Å². The Kier molecular flexibility index (Phi) is 4.56. The van der Waals surface area contributed by atoms with Gasteiger partial charge in [-0.15, -0.1) is 11.3 Å². The van der Waals surface area contributed by atoms with Crippen molar-refractivity contribution < 1.29 is 4.79 Å². The van der Waals surface area contributed by atoms with Crippen LogP contribution >= 0.6 is 11.3 Å². The molecule has 1 amide bonds. The zero-order chi connectivity index (χ0) is 14.4. The highest BCUT2D eigenvalue weighted by molar-refractivity contribution is 7.11. The van der Waals surface area contributed by atoms with E-state index in [9.17, 15) is 14.4 Å². The molecule has 104 valence electrons. The van der Waals surface area contributed by atoms with E-state index in [2.05, 4.69) is 20.7 Å². The quantitative estimate of drug-likeness (QED) is 0.513. The number of thiophene rings is 1. The van der Waals surface area contributed by atoms with Gasteiger partial charge in [0.1, 0.15) is 5.69 Å². The van der Waals surface area contributed by atoms with Crippen LogP contribution in [0.15, 0.2) is 32.2 Å². The van der Waals surface area contributed by atoms with Gasteiger partial charge in [0.25, 0.3) is 5.56 Å². The van der Waals surface area contributed by atoms with E-state index in [-0.39, 0.29) is 24.4 Å². The number of nitrogens with zero attached hydrogens (tertiary/aromatic N) is 2. The summed E-state index contributed by atoms with van der Waals surface area (Å²) >= 11 is 1.50. The Morgan fingerprint density at radius 2 is 2.35 bits per heavy atom. The van der Waals surface area contributed by atoms with Crippen molar-refractivity contribution >= 4 is 23.5 Å². The summed E-state index contributed by atoms with van der Waals surface area (Å²) in [6.07, 6.45) is 1.70. The maximum absolute atomic E-state index is 11.5. The van der Waals surface area contributed by atoms with Crippen LogP contribution in [0.5, 0.6) is 0 Å². The van der Waals surface area contributed by atoms with E-state index in [0.717, 1.165) is 4.88 Å². The van der Waals surface area contributed by atoms with Gasteiger partial charge in [0.15, 0.2) is 0 Å². The standard InChI is InChI=1S/C11H11N5O3S/c17-9(15-12-6-7-2-1-5-20-7)4-3-8-10(18)13-11(19)16-14-8/h1-2,5-6H,3-4H2,(H,15,17)(H2,13,16,18,19)/b12-6-. The number of aromatic amines is 2. The molecule has 0 aliphatic heterocycles. The van der Waals surface area contributed by atoms with E-state index in [1.807, 2.05) is 22.5 Å². The molecule has 2 aromatic heterocycles. The van der Waals surface area contributed by atoms with Crippen LogP contribution < -0.4 is 16.7 Å². The maximum atomic E-state index is 11.5. The van der Waals surface area contributed by atoms with Crippen LogP contribution in [-0.2, 0) is 11.2 Å². The second kappa shape index (κ2) is 6.57. The van der Waals surface area contributed by atoms with Crippen LogP contribution in [-0.4, -0.2) is 27.3 Å². The van der Waals surface area contributed by atoms with Gasteiger partial charge >= 0.3 is 5.69 Å². The summed E-state index contributed by atoms with van der Waals surface area (Å²) in [7, 11) is 0. The summed E-state index contributed by atoms with van der Waals surface area (Å²) in [6, 6.07) is 3.74. The Morgan fingerprint density at radius 3 is 3.05 bits per heavy atom. The molecular weight excluding hydrogens is 282 g/mol. The van der Waals surface area contributed by atoms with Crippen molar-refractivity contribution in [3.8, 4) is 0 Å². The fourth-order valence-electron chi connectivity index (χ4n) is 1.36. The highest BCUT2D eigenvalue weighted by Gasteiger charge is 2.06. The molecule has 20 heavy (non-hydrogen) atoms. The Balaban J connectivity index is 1.83. The van der Waals surface area contributed by atoms with Crippen molar-refractivity contribution in [3.05, 3.63) is 48.9 Å². The van der Waals surface area contributed by atoms with Gasteiger partial charge in [0.2, 0.25) is 5.91 Å². The fraction of sp³-hybridized carbons (Fsp3) is 0.182. The first-order chi connectivity index (χ1) is 9.65. The van der Waals surface area contributed by atoms with Gasteiger partial charge < -0.3 is 0 Å². The molecule has 0 aliphatic carbocycles. The largest absolute Gasteiger partial charge is 0.342 e. The second-order valence-electron chi connectivity index (χ2n) is 3.76. The summed E-state index contributed by atoms with van der Waals surface area (Å²) in [6.45, 7) is 0. The van der Waals surface area contributed by atoms with E-state index < -0.39 is 11.2 Å². The molecule has 0 aliphatic rings. The minimum Gasteiger partial charge on any atom is -0.273 e. The molecule has 0 saturated carbocycles. The number of rotatable bonds is 5. The molecule has 9 heteroatoms. The van der Waals surface area contributed by atoms with Crippen LogP contribution in [0, 0.1) is 0 Å². The first-order valence-corrected chi connectivity index (χ1v) is 6.56. The minimum absolute atomic E-state index is 0.0455. The highest BCUT2D eigenvalue weighted by Crippen LogP contribution is 2.04. The van der Waals surface area contributed by atoms with Crippen LogP contribution in [0.2, 0.25) is 0 Å². The number of aryl methyl sites for hydroxylation is 1. The molecule has 0 radical (unpaired) electrons. The second-order valence-corrected chi connectivity index (χ2v) is 4.74. The van der Waals surface area contributed by atoms with Crippen molar-refractivity contribution in [3.63, 3.8) is 0 Å². The minimum atomic E-state index is -0.677. The topological polar surface area (TPSA) is 120 Å². The third-order valence-corrected chi connectivity index (χ3v) is 3.10. The lowest BCUT2D eigenvalue weighted by Crippen LogP contribution is -2.28. The smallest absolute Gasteiger partial charge is 0.273 e. The molecule has 0 saturated heterocycles. The van der Waals surface area contributed by atoms with E-state index >= 15 is 0 Å². The Morgan fingerprint density at radius 1 is 1.50 bits per heavy atom. The molecule has 8 nitrogen and oxygen atoms in total. The van der Waals surface area contributed by atoms with Crippen LogP contribution in [0.1, 0.15) is 17.0 Å². The summed E-state index contributed by atoms with van der Waals surface area (Å²) < 4.78 is 0. The van der Waals surface area contributed by atoms with E-state index in [0.29, 0.717) is 0 Å². The van der Waals surface area contributed by atoms with Crippen LogP contribution in [0.25, 0.3) is 0 Å². The Labute approximate surface area is 116 Å². The van der Waals surface area contributed by atoms with Crippen molar-refractivity contribution in [2.24, 2.45) is 5.10 Å². The highest BCUT2D eigenvalue weighted by atomic mass is 32.1. The molecular formula is C11H11N5O3S. The van der Waals surface area contributed by atoms with Gasteiger partial charge in [0.05, 0.1) is 6.21 Å². The average molecular weight is 293 g/mol. The van der Waals surface area contributed by atoms with Gasteiger partial charge in [-0.25, -0.2) is 15.3 Å². The molecule has 0 unspecified atom stereocenters. The van der Waals surface area contributed by atoms with E-state index in [4.69, 9.17) is 0 Å². The number of hydrogen-bond donors (Lipinski definition) is 3. The van der Waals surface area contributed by atoms with Crippen molar-refractivity contribution in [2.75, 3.05) is 0 Å². The average Bonchev–Trinajstić information content (AvgIpc) is 2.91. The number of H-pyrrole nitrogens is 2. The molecule has 0 spiro atoms. The molecule has 3 N–H and O–H groups in total. The third kappa shape index (κ3) is 3.99. The number of nitrogens with one attached hydrogen (secondary N) is 3. The molecule has 0 fully saturated rings. The van der Waals surface area contributed by atoms with Gasteiger partial charge in [-0.2, -0.15) is 10.2 Å². The number of amides is 1. The van der Waals surface area contributed by atoms with Gasteiger partial charge in [-0.3, -0.25) is 14.6 Å². The first kappa shape index (κ1) is 13.9. The zero-order valence-electron chi connectivity index (χ0n) is 10.3. The normalized spacial score (nSPS) is 10.8. The molecule has 2 rings (SSSR count). The zero-order valence-corrected chi connectivity index (χ0v) is 11.1. The first-order valence-electron chi connectivity index (χ1n) is 5.68. The molecule has 2 heterocycles. The molecule has 0 atom stereocenters. The Hall–Kier alpha value is -2.55. The number of hydrazone groups is 1. The number of hydrogen-bond acceptors (Lipinski definition) is 6. The molecule has 0 bridgehead atoms. The summed E-state index contributed by atoms with van der Waals surface area (Å²) in [5, 5.41) is 11.4. The lowest BCUT2D eigenvalue weighted by molar-refractivity contribution is -0.121. The summed E-state index contributed by atoms with van der Waals surface area (Å²) in [5.41, 5.74) is 1.18. The van der Waals surface area contributed by atoms with Crippen molar-refractivity contribution in [1.29, 1.82) is 0 Å². The third-order valence-electron chi connectivity index (χ3n) is 2.29. The fourth-order valence-corrected chi connectivity index (χ4v) is 1.95. The van der Waals surface area contributed by atoms with E-state index in [1.165, 1.54) is 17.6 Å². The van der Waals surface area contributed by atoms with Crippen molar-refractivity contribution in [1.82, 2.24) is 20.6 Å². The summed E-state index contributed by atoms with van der Waals surface area (Å²) in [4.78, 5) is 36.5. The molecule has 0 aromatic carbocycles. The predicted molar refractivity (Wildman–Crippen MR) is 73.9 cm³/mol. The number of carbonyl (C=O) groups excluding carboxylic acids is 1. The van der Waals surface area contributed by atoms with Gasteiger partial charge in [0, 0.05) is 17.7 Å². The molecule has 2 aromatic rings. The summed E-state index contributed by atoms with van der Waals surface area (Å²) in [5.74, 6) is -0.342. The SMILES string of the molecule is O=C(CCc1n[nH]c(=O)[nH]c1=O)N/N=C\c1cccs1. The van der Waals surface area contributed by atoms with Crippen molar-refractivity contribution in [2.45, 2.75) is 12.8 Å². The monoisotopic (exact) mass is 293 g/mol. The lowest BCUT2D eigenvalue weighted by atomic mass is 10.2. The van der Waals surface area contributed by atoms with Crippen LogP contribution in [0.3, 0.4) is 0 Å². The van der Waals surface area contributed by atoms with E-state index in [1.54, 1.807) is 0 Å². The number of carbonyl (C=O) groups is 1. The predicted octanol–water partition coefficient (Wildman–Crippen LogP) is -0.397.